The fraction of sp³-hybridized carbons (Fsp3) is 0.833. The van der Waals surface area contributed by atoms with Crippen LogP contribution in [-0.4, -0.2) is 57.3 Å². The number of aliphatic hydroxyl groups is 4. The van der Waals surface area contributed by atoms with E-state index in [4.69, 9.17) is 20.4 Å². The Morgan fingerprint density at radius 1 is 1.17 bits per heavy atom. The van der Waals surface area contributed by atoms with Gasteiger partial charge in [0.2, 0.25) is 0 Å². The van der Waals surface area contributed by atoms with Crippen LogP contribution < -0.4 is 5.32 Å². The van der Waals surface area contributed by atoms with Crippen molar-refractivity contribution in [3.05, 3.63) is 0 Å². The minimum absolute atomic E-state index is 0.172. The summed E-state index contributed by atoms with van der Waals surface area (Å²) in [7, 11) is 0. The van der Waals surface area contributed by atoms with Gasteiger partial charge in [-0.3, -0.25) is 4.79 Å². The summed E-state index contributed by atoms with van der Waals surface area (Å²) in [5, 5.41) is 38.3. The molecule has 1 rings (SSSR count). The van der Waals surface area contributed by atoms with Crippen LogP contribution in [0.25, 0.3) is 0 Å². The number of nitrogens with one attached hydrogen (secondary N) is 1. The Bertz CT molecular complexity index is 185. The molecule has 0 aliphatic carbocycles. The maximum Gasteiger partial charge on any atom is 0.251 e. The molecule has 4 atom stereocenters. The Labute approximate surface area is 68.4 Å². The Morgan fingerprint density at radius 2 is 1.75 bits per heavy atom. The molecule has 1 amide bonds. The minimum Gasteiger partial charge on any atom is -0.388 e. The fourth-order valence-corrected chi connectivity index (χ4v) is 1.000. The van der Waals surface area contributed by atoms with Crippen molar-refractivity contribution in [2.75, 3.05) is 6.54 Å². The lowest BCUT2D eigenvalue weighted by Crippen LogP contribution is -2.45. The van der Waals surface area contributed by atoms with Crippen molar-refractivity contribution in [1.29, 1.82) is 0 Å². The van der Waals surface area contributed by atoms with Gasteiger partial charge >= 0.3 is 0 Å². The average molecular weight is 177 g/mol. The van der Waals surface area contributed by atoms with Crippen molar-refractivity contribution in [2.45, 2.75) is 24.4 Å². The van der Waals surface area contributed by atoms with Crippen molar-refractivity contribution in [3.63, 3.8) is 0 Å². The summed E-state index contributed by atoms with van der Waals surface area (Å²) in [6, 6.07) is 0. The highest BCUT2D eigenvalue weighted by Gasteiger charge is 2.37. The molecule has 1 fully saturated rings. The second-order valence-electron chi connectivity index (χ2n) is 2.74. The van der Waals surface area contributed by atoms with Gasteiger partial charge in [-0.15, -0.1) is 0 Å². The summed E-state index contributed by atoms with van der Waals surface area (Å²) in [4.78, 5) is 10.8. The first-order chi connectivity index (χ1) is 5.54. The van der Waals surface area contributed by atoms with Crippen molar-refractivity contribution in [1.82, 2.24) is 5.32 Å². The predicted octanol–water partition coefficient (Wildman–Crippen LogP) is -3.44. The lowest BCUT2D eigenvalue weighted by atomic mass is 10.1. The van der Waals surface area contributed by atoms with E-state index in [1.807, 2.05) is 0 Å². The molecular weight excluding hydrogens is 166 g/mol. The number of amides is 1. The lowest BCUT2D eigenvalue weighted by Gasteiger charge is -2.19. The molecule has 0 radical (unpaired) electrons. The van der Waals surface area contributed by atoms with E-state index in [1.54, 1.807) is 0 Å². The molecular formula is C6H11NO5. The van der Waals surface area contributed by atoms with Crippen LogP contribution in [0.5, 0.6) is 0 Å². The molecule has 5 N–H and O–H groups in total. The third-order valence-electron chi connectivity index (χ3n) is 1.82. The minimum atomic E-state index is -1.68. The molecule has 6 heteroatoms. The topological polar surface area (TPSA) is 110 Å². The normalized spacial score (nSPS) is 43.5. The van der Waals surface area contributed by atoms with E-state index in [1.165, 1.54) is 0 Å². The Kier molecular flexibility index (Phi) is 2.63. The summed E-state index contributed by atoms with van der Waals surface area (Å²) in [6.45, 7) is -0.172. The standard InChI is InChI=1S/C6H11NO5/c8-2-1-7-6(12)5(11)4(10)3(2)9/h2-5,8-11H,1H2,(H,7,12)/t2-,3-,4-,5-/m1/s1. The molecule has 0 aromatic rings. The third-order valence-corrected chi connectivity index (χ3v) is 1.82. The van der Waals surface area contributed by atoms with Gasteiger partial charge in [-0.25, -0.2) is 0 Å². The van der Waals surface area contributed by atoms with Gasteiger partial charge in [-0.05, 0) is 0 Å². The van der Waals surface area contributed by atoms with E-state index in [0.29, 0.717) is 0 Å². The monoisotopic (exact) mass is 177 g/mol. The average Bonchev–Trinajstić information content (AvgIpc) is 2.14. The molecule has 6 nitrogen and oxygen atoms in total. The van der Waals surface area contributed by atoms with Crippen molar-refractivity contribution < 1.29 is 25.2 Å². The van der Waals surface area contributed by atoms with E-state index in [-0.39, 0.29) is 6.54 Å². The van der Waals surface area contributed by atoms with Gasteiger partial charge < -0.3 is 25.7 Å². The fourth-order valence-electron chi connectivity index (χ4n) is 1.000. The number of β-amino-alcohol motifs (C(OH)–C–C–N with tert-alkyl or cyclic N) is 1. The summed E-state index contributed by atoms with van der Waals surface area (Å²) < 4.78 is 0. The molecule has 0 unspecified atom stereocenters. The zero-order valence-corrected chi connectivity index (χ0v) is 6.21. The number of hydrogen-bond acceptors (Lipinski definition) is 5. The highest BCUT2D eigenvalue weighted by molar-refractivity contribution is 5.81. The molecule has 1 saturated heterocycles. The van der Waals surface area contributed by atoms with Crippen molar-refractivity contribution in [2.24, 2.45) is 0 Å². The summed E-state index contributed by atoms with van der Waals surface area (Å²) in [5.74, 6) is -0.793. The maximum atomic E-state index is 10.8. The van der Waals surface area contributed by atoms with Crippen LogP contribution in [0.2, 0.25) is 0 Å². The second kappa shape index (κ2) is 3.36. The summed E-state index contributed by atoms with van der Waals surface area (Å²) in [6.07, 6.45) is -6.07. The largest absolute Gasteiger partial charge is 0.388 e. The van der Waals surface area contributed by atoms with Crippen LogP contribution in [0, 0.1) is 0 Å². The van der Waals surface area contributed by atoms with Gasteiger partial charge in [0.15, 0.2) is 6.10 Å². The molecule has 0 aromatic heterocycles. The molecule has 1 aliphatic rings. The lowest BCUT2D eigenvalue weighted by molar-refractivity contribution is -0.139. The van der Waals surface area contributed by atoms with E-state index in [9.17, 15) is 4.79 Å². The third kappa shape index (κ3) is 1.56. The molecule has 70 valence electrons. The SMILES string of the molecule is O=C1NC[C@@H](O)[C@@H](O)[C@@H](O)[C@H]1O. The molecule has 0 saturated carbocycles. The zero-order chi connectivity index (χ0) is 9.30. The summed E-state index contributed by atoms with van der Waals surface area (Å²) in [5.41, 5.74) is 0. The van der Waals surface area contributed by atoms with Gasteiger partial charge in [0.05, 0.1) is 6.10 Å². The molecule has 0 bridgehead atoms. The van der Waals surface area contributed by atoms with Crippen molar-refractivity contribution in [3.8, 4) is 0 Å². The Hall–Kier alpha value is -0.690. The highest BCUT2D eigenvalue weighted by Crippen LogP contribution is 2.08. The smallest absolute Gasteiger partial charge is 0.251 e. The molecule has 1 heterocycles. The quantitative estimate of drug-likeness (QED) is 0.264. The number of carbonyl (C=O) groups is 1. The Balaban J connectivity index is 2.75. The first-order valence-corrected chi connectivity index (χ1v) is 3.54. The van der Waals surface area contributed by atoms with Crippen molar-refractivity contribution >= 4 is 5.91 Å². The predicted molar refractivity (Wildman–Crippen MR) is 37.0 cm³/mol. The van der Waals surface area contributed by atoms with Crippen LogP contribution in [0.4, 0.5) is 0 Å². The maximum absolute atomic E-state index is 10.8. The zero-order valence-electron chi connectivity index (χ0n) is 6.21. The molecule has 0 spiro atoms. The highest BCUT2D eigenvalue weighted by atomic mass is 16.4. The van der Waals surface area contributed by atoms with Gasteiger partial charge in [0.1, 0.15) is 12.2 Å². The first-order valence-electron chi connectivity index (χ1n) is 3.54. The number of hydrogen-bond donors (Lipinski definition) is 5. The van der Waals surface area contributed by atoms with E-state index >= 15 is 0 Å². The summed E-state index contributed by atoms with van der Waals surface area (Å²) >= 11 is 0. The first kappa shape index (κ1) is 9.40. The number of rotatable bonds is 0. The number of carbonyl (C=O) groups excluding carboxylic acids is 1. The van der Waals surface area contributed by atoms with Crippen LogP contribution in [-0.2, 0) is 4.79 Å². The molecule has 0 aromatic carbocycles. The van der Waals surface area contributed by atoms with Crippen LogP contribution in [0.3, 0.4) is 0 Å². The van der Waals surface area contributed by atoms with Crippen LogP contribution in [0.1, 0.15) is 0 Å². The van der Waals surface area contributed by atoms with E-state index in [0.717, 1.165) is 0 Å². The van der Waals surface area contributed by atoms with Gasteiger partial charge in [-0.1, -0.05) is 0 Å². The van der Waals surface area contributed by atoms with Gasteiger partial charge in [-0.2, -0.15) is 0 Å². The Morgan fingerprint density at radius 3 is 2.33 bits per heavy atom. The molecule has 12 heavy (non-hydrogen) atoms. The second-order valence-corrected chi connectivity index (χ2v) is 2.74. The van der Waals surface area contributed by atoms with E-state index < -0.39 is 30.3 Å². The van der Waals surface area contributed by atoms with Gasteiger partial charge in [0.25, 0.3) is 5.91 Å². The van der Waals surface area contributed by atoms with Gasteiger partial charge in [0, 0.05) is 6.54 Å². The van der Waals surface area contributed by atoms with Crippen LogP contribution >= 0.6 is 0 Å². The van der Waals surface area contributed by atoms with E-state index in [2.05, 4.69) is 5.32 Å². The number of aliphatic hydroxyl groups excluding tert-OH is 4. The molecule has 1 aliphatic heterocycles. The van der Waals surface area contributed by atoms with Crippen LogP contribution in [0.15, 0.2) is 0 Å².